The molecule has 4 heteroatoms. The van der Waals surface area contributed by atoms with Crippen molar-refractivity contribution in [3.8, 4) is 0 Å². The van der Waals surface area contributed by atoms with Crippen LogP contribution in [0.1, 0.15) is 31.7 Å². The van der Waals surface area contributed by atoms with Gasteiger partial charge in [-0.3, -0.25) is 0 Å². The zero-order chi connectivity index (χ0) is 11.8. The van der Waals surface area contributed by atoms with Gasteiger partial charge in [-0.25, -0.2) is 4.52 Å². The van der Waals surface area contributed by atoms with Gasteiger partial charge in [-0.2, -0.15) is 4.98 Å². The van der Waals surface area contributed by atoms with E-state index in [1.165, 1.54) is 24.8 Å². The Labute approximate surface area is 101 Å². The molecule has 2 aromatic heterocycles. The molecule has 4 nitrogen and oxygen atoms in total. The molecule has 0 aliphatic heterocycles. The lowest BCUT2D eigenvalue weighted by molar-refractivity contribution is 0.691. The second-order valence-electron chi connectivity index (χ2n) is 4.98. The fraction of sp³-hybridized carbons (Fsp3) is 0.538. The number of fused-ring (bicyclic) bond motifs is 1. The van der Waals surface area contributed by atoms with Crippen molar-refractivity contribution in [2.24, 2.45) is 5.92 Å². The molecule has 2 aromatic rings. The van der Waals surface area contributed by atoms with Crippen LogP contribution in [0.4, 0.5) is 5.95 Å². The third-order valence-corrected chi connectivity index (χ3v) is 3.39. The number of hydrogen-bond acceptors (Lipinski definition) is 3. The Morgan fingerprint density at radius 2 is 2.41 bits per heavy atom. The van der Waals surface area contributed by atoms with Gasteiger partial charge in [0.25, 0.3) is 0 Å². The Kier molecular flexibility index (Phi) is 2.50. The molecule has 0 spiro atoms. The number of aromatic nitrogens is 3. The van der Waals surface area contributed by atoms with Crippen LogP contribution in [-0.2, 0) is 0 Å². The molecule has 2 atom stereocenters. The van der Waals surface area contributed by atoms with E-state index in [4.69, 9.17) is 0 Å². The van der Waals surface area contributed by atoms with E-state index < -0.39 is 0 Å². The molecule has 1 N–H and O–H groups in total. The molecule has 90 valence electrons. The van der Waals surface area contributed by atoms with Gasteiger partial charge in [-0.15, -0.1) is 5.10 Å². The Hall–Kier alpha value is -1.58. The molecule has 0 aromatic carbocycles. The molecule has 2 unspecified atom stereocenters. The molecular formula is C13H18N4. The molecule has 1 saturated carbocycles. The first-order chi connectivity index (χ1) is 8.26. The first-order valence-corrected chi connectivity index (χ1v) is 6.36. The highest BCUT2D eigenvalue weighted by molar-refractivity contribution is 5.46. The minimum atomic E-state index is 0.591. The van der Waals surface area contributed by atoms with Crippen molar-refractivity contribution in [1.29, 1.82) is 0 Å². The van der Waals surface area contributed by atoms with E-state index in [2.05, 4.69) is 35.3 Å². The van der Waals surface area contributed by atoms with E-state index >= 15 is 0 Å². The number of anilines is 1. The zero-order valence-corrected chi connectivity index (χ0v) is 10.3. The first-order valence-electron chi connectivity index (χ1n) is 6.36. The number of pyridine rings is 1. The highest BCUT2D eigenvalue weighted by Crippen LogP contribution is 2.36. The summed E-state index contributed by atoms with van der Waals surface area (Å²) in [6, 6.07) is 4.69. The Balaban J connectivity index is 1.74. The minimum absolute atomic E-state index is 0.591. The predicted molar refractivity (Wildman–Crippen MR) is 68.1 cm³/mol. The SMILES string of the molecule is CCCC1CC1Nc1nc2cc(C)ccn2n1. The summed E-state index contributed by atoms with van der Waals surface area (Å²) in [6.07, 6.45) is 5.80. The average Bonchev–Trinajstić information content (AvgIpc) is 2.88. The standard InChI is InChI=1S/C13H18N4/c1-3-4-10-8-11(10)14-13-15-12-7-9(2)5-6-17(12)16-13/h5-7,10-11H,3-4,8H2,1-2H3,(H,14,16). The second-order valence-corrected chi connectivity index (χ2v) is 4.98. The third kappa shape index (κ3) is 2.12. The molecule has 0 saturated heterocycles. The summed E-state index contributed by atoms with van der Waals surface area (Å²) in [7, 11) is 0. The molecule has 1 aliphatic rings. The van der Waals surface area contributed by atoms with Crippen molar-refractivity contribution in [3.63, 3.8) is 0 Å². The van der Waals surface area contributed by atoms with Gasteiger partial charge in [0.2, 0.25) is 5.95 Å². The lowest BCUT2D eigenvalue weighted by atomic mass is 10.2. The minimum Gasteiger partial charge on any atom is -0.350 e. The smallest absolute Gasteiger partial charge is 0.243 e. The van der Waals surface area contributed by atoms with E-state index in [-0.39, 0.29) is 0 Å². The fourth-order valence-electron chi connectivity index (χ4n) is 2.32. The Morgan fingerprint density at radius 1 is 1.53 bits per heavy atom. The maximum absolute atomic E-state index is 4.49. The van der Waals surface area contributed by atoms with Crippen LogP contribution in [0.2, 0.25) is 0 Å². The molecule has 3 rings (SSSR count). The molecular weight excluding hydrogens is 212 g/mol. The molecule has 2 heterocycles. The average molecular weight is 230 g/mol. The van der Waals surface area contributed by atoms with E-state index in [1.807, 2.05) is 16.8 Å². The van der Waals surface area contributed by atoms with E-state index in [0.29, 0.717) is 6.04 Å². The van der Waals surface area contributed by atoms with E-state index in [0.717, 1.165) is 17.5 Å². The zero-order valence-electron chi connectivity index (χ0n) is 10.3. The van der Waals surface area contributed by atoms with Crippen molar-refractivity contribution in [1.82, 2.24) is 14.6 Å². The molecule has 1 aliphatic carbocycles. The van der Waals surface area contributed by atoms with Crippen molar-refractivity contribution in [2.45, 2.75) is 39.2 Å². The summed E-state index contributed by atoms with van der Waals surface area (Å²) >= 11 is 0. The topological polar surface area (TPSA) is 42.2 Å². The van der Waals surface area contributed by atoms with Crippen LogP contribution in [0.15, 0.2) is 18.3 Å². The molecule has 0 amide bonds. The van der Waals surface area contributed by atoms with E-state index in [1.54, 1.807) is 0 Å². The van der Waals surface area contributed by atoms with Crippen molar-refractivity contribution < 1.29 is 0 Å². The number of nitrogens with zero attached hydrogens (tertiary/aromatic N) is 3. The van der Waals surface area contributed by atoms with Crippen molar-refractivity contribution in [2.75, 3.05) is 5.32 Å². The van der Waals surface area contributed by atoms with Crippen LogP contribution >= 0.6 is 0 Å². The number of rotatable bonds is 4. The van der Waals surface area contributed by atoms with Crippen LogP contribution < -0.4 is 5.32 Å². The fourth-order valence-corrected chi connectivity index (χ4v) is 2.32. The van der Waals surface area contributed by atoms with Gasteiger partial charge in [0.15, 0.2) is 5.65 Å². The van der Waals surface area contributed by atoms with Crippen LogP contribution in [-0.4, -0.2) is 20.6 Å². The second kappa shape index (κ2) is 4.02. The van der Waals surface area contributed by atoms with Crippen LogP contribution in [0.25, 0.3) is 5.65 Å². The van der Waals surface area contributed by atoms with Gasteiger partial charge in [-0.05, 0) is 43.4 Å². The van der Waals surface area contributed by atoms with Gasteiger partial charge >= 0.3 is 0 Å². The van der Waals surface area contributed by atoms with E-state index in [9.17, 15) is 0 Å². The molecule has 0 bridgehead atoms. The summed E-state index contributed by atoms with van der Waals surface area (Å²) in [5.41, 5.74) is 2.13. The summed E-state index contributed by atoms with van der Waals surface area (Å²) in [5.74, 6) is 1.59. The normalized spacial score (nSPS) is 22.9. The quantitative estimate of drug-likeness (QED) is 0.878. The number of hydrogen-bond donors (Lipinski definition) is 1. The Morgan fingerprint density at radius 3 is 3.24 bits per heavy atom. The first kappa shape index (κ1) is 10.6. The van der Waals surface area contributed by atoms with Gasteiger partial charge < -0.3 is 5.32 Å². The lowest BCUT2D eigenvalue weighted by Crippen LogP contribution is -2.06. The Bertz CT molecular complexity index is 531. The van der Waals surface area contributed by atoms with Crippen LogP contribution in [0.3, 0.4) is 0 Å². The molecule has 17 heavy (non-hydrogen) atoms. The van der Waals surface area contributed by atoms with Gasteiger partial charge in [0.1, 0.15) is 0 Å². The molecule has 1 fully saturated rings. The lowest BCUT2D eigenvalue weighted by Gasteiger charge is -1.98. The van der Waals surface area contributed by atoms with Gasteiger partial charge in [0, 0.05) is 12.2 Å². The summed E-state index contributed by atoms with van der Waals surface area (Å²) in [6.45, 7) is 4.31. The van der Waals surface area contributed by atoms with Crippen molar-refractivity contribution in [3.05, 3.63) is 23.9 Å². The predicted octanol–water partition coefficient (Wildman–Crippen LogP) is 2.64. The van der Waals surface area contributed by atoms with Crippen LogP contribution in [0.5, 0.6) is 0 Å². The number of nitrogens with one attached hydrogen (secondary N) is 1. The van der Waals surface area contributed by atoms with Gasteiger partial charge in [0.05, 0.1) is 0 Å². The highest BCUT2D eigenvalue weighted by atomic mass is 15.4. The highest BCUT2D eigenvalue weighted by Gasteiger charge is 2.36. The summed E-state index contributed by atoms with van der Waals surface area (Å²) in [4.78, 5) is 4.49. The largest absolute Gasteiger partial charge is 0.350 e. The monoisotopic (exact) mass is 230 g/mol. The maximum Gasteiger partial charge on any atom is 0.243 e. The maximum atomic E-state index is 4.49. The molecule has 0 radical (unpaired) electrons. The van der Waals surface area contributed by atoms with Gasteiger partial charge in [-0.1, -0.05) is 13.3 Å². The van der Waals surface area contributed by atoms with Crippen molar-refractivity contribution >= 4 is 11.6 Å². The van der Waals surface area contributed by atoms with Crippen LogP contribution in [0, 0.1) is 12.8 Å². The summed E-state index contributed by atoms with van der Waals surface area (Å²) in [5, 5.41) is 7.84. The summed E-state index contributed by atoms with van der Waals surface area (Å²) < 4.78 is 1.83. The number of aryl methyl sites for hydroxylation is 1. The third-order valence-electron chi connectivity index (χ3n) is 3.39.